The Bertz CT molecular complexity index is 1300. The van der Waals surface area contributed by atoms with Crippen molar-refractivity contribution in [3.63, 3.8) is 0 Å². The van der Waals surface area contributed by atoms with Crippen molar-refractivity contribution < 1.29 is 37.0 Å². The normalized spacial score (nSPS) is 12.0. The SMILES string of the molecule is CCCCCCCCOc1ccc(-c2ccc(C(=O)Oc3ccc(C(=O)OC(CCCCCCCC)C(F)(F)F)cc3)cc2)cc1. The molecule has 5 nitrogen and oxygen atoms in total. The van der Waals surface area contributed by atoms with Crippen LogP contribution in [0.5, 0.6) is 11.5 Å². The largest absolute Gasteiger partial charge is 0.494 e. The van der Waals surface area contributed by atoms with Gasteiger partial charge in [0.2, 0.25) is 0 Å². The van der Waals surface area contributed by atoms with Crippen molar-refractivity contribution in [3.05, 3.63) is 83.9 Å². The van der Waals surface area contributed by atoms with Gasteiger partial charge in [-0.15, -0.1) is 0 Å². The highest BCUT2D eigenvalue weighted by Crippen LogP contribution is 2.29. The van der Waals surface area contributed by atoms with E-state index >= 15 is 0 Å². The van der Waals surface area contributed by atoms with E-state index in [0.29, 0.717) is 25.0 Å². The van der Waals surface area contributed by atoms with Crippen LogP contribution >= 0.6 is 0 Å². The topological polar surface area (TPSA) is 61.8 Å². The molecule has 0 aromatic heterocycles. The molecule has 0 amide bonds. The van der Waals surface area contributed by atoms with E-state index in [-0.39, 0.29) is 17.7 Å². The molecule has 0 aliphatic rings. The van der Waals surface area contributed by atoms with Crippen molar-refractivity contribution in [2.24, 2.45) is 0 Å². The fraction of sp³-hybridized carbons (Fsp3) is 0.474. The molecule has 0 radical (unpaired) electrons. The Morgan fingerprint density at radius 3 is 1.61 bits per heavy atom. The first-order chi connectivity index (χ1) is 22.2. The molecule has 250 valence electrons. The van der Waals surface area contributed by atoms with Gasteiger partial charge in [0.05, 0.1) is 17.7 Å². The van der Waals surface area contributed by atoms with Crippen LogP contribution in [0.4, 0.5) is 13.2 Å². The van der Waals surface area contributed by atoms with Crippen molar-refractivity contribution in [2.45, 2.75) is 110 Å². The maximum atomic E-state index is 13.5. The lowest BCUT2D eigenvalue weighted by Gasteiger charge is -2.20. The first kappa shape index (κ1) is 36.7. The minimum Gasteiger partial charge on any atom is -0.494 e. The number of ether oxygens (including phenoxy) is 3. The summed E-state index contributed by atoms with van der Waals surface area (Å²) in [6.07, 6.45) is 5.16. The van der Waals surface area contributed by atoms with Gasteiger partial charge in [0.15, 0.2) is 6.10 Å². The average Bonchev–Trinajstić information content (AvgIpc) is 3.05. The molecule has 0 heterocycles. The Kier molecular flexibility index (Phi) is 15.7. The molecule has 0 fully saturated rings. The monoisotopic (exact) mass is 640 g/mol. The van der Waals surface area contributed by atoms with E-state index in [1.807, 2.05) is 36.4 Å². The lowest BCUT2D eigenvalue weighted by atomic mass is 10.0. The van der Waals surface area contributed by atoms with Gasteiger partial charge in [-0.25, -0.2) is 9.59 Å². The van der Waals surface area contributed by atoms with E-state index in [1.54, 1.807) is 12.1 Å². The lowest BCUT2D eigenvalue weighted by Crippen LogP contribution is -2.33. The van der Waals surface area contributed by atoms with Gasteiger partial charge in [0, 0.05) is 0 Å². The second-order valence-corrected chi connectivity index (χ2v) is 11.6. The van der Waals surface area contributed by atoms with E-state index in [0.717, 1.165) is 49.0 Å². The standard InChI is InChI=1S/C38H47F3O5/c1-3-5-7-9-11-13-15-35(38(39,40)41)46-37(43)32-22-26-34(27-23-32)45-36(42)31-18-16-29(17-19-31)30-20-24-33(25-21-30)44-28-14-12-10-8-6-4-2/h16-27,35H,3-15,28H2,1-2H3. The summed E-state index contributed by atoms with van der Waals surface area (Å²) in [4.78, 5) is 25.2. The van der Waals surface area contributed by atoms with Gasteiger partial charge in [-0.3, -0.25) is 0 Å². The van der Waals surface area contributed by atoms with E-state index in [2.05, 4.69) is 13.8 Å². The number of esters is 2. The van der Waals surface area contributed by atoms with Crippen molar-refractivity contribution >= 4 is 11.9 Å². The molecule has 3 rings (SSSR count). The summed E-state index contributed by atoms with van der Waals surface area (Å²) in [7, 11) is 0. The van der Waals surface area contributed by atoms with Crippen LogP contribution in [-0.4, -0.2) is 30.8 Å². The second-order valence-electron chi connectivity index (χ2n) is 11.6. The van der Waals surface area contributed by atoms with Crippen LogP contribution in [-0.2, 0) is 4.74 Å². The highest BCUT2D eigenvalue weighted by Gasteiger charge is 2.42. The third-order valence-corrected chi connectivity index (χ3v) is 7.81. The summed E-state index contributed by atoms with van der Waals surface area (Å²) >= 11 is 0. The fourth-order valence-electron chi connectivity index (χ4n) is 5.04. The first-order valence-corrected chi connectivity index (χ1v) is 16.6. The minimum atomic E-state index is -4.64. The average molecular weight is 641 g/mol. The Morgan fingerprint density at radius 1 is 0.587 bits per heavy atom. The Labute approximate surface area is 271 Å². The molecule has 1 atom stereocenters. The van der Waals surface area contributed by atoms with Crippen LogP contribution in [0.2, 0.25) is 0 Å². The molecule has 0 aliphatic carbocycles. The van der Waals surface area contributed by atoms with Crippen LogP contribution in [0, 0.1) is 0 Å². The second kappa shape index (κ2) is 19.6. The van der Waals surface area contributed by atoms with Crippen molar-refractivity contribution in [1.82, 2.24) is 0 Å². The van der Waals surface area contributed by atoms with Gasteiger partial charge in [0.1, 0.15) is 11.5 Å². The molecule has 0 N–H and O–H groups in total. The Morgan fingerprint density at radius 2 is 1.04 bits per heavy atom. The summed E-state index contributed by atoms with van der Waals surface area (Å²) in [6.45, 7) is 4.98. The van der Waals surface area contributed by atoms with Gasteiger partial charge >= 0.3 is 18.1 Å². The molecule has 46 heavy (non-hydrogen) atoms. The minimum absolute atomic E-state index is 0.0554. The summed E-state index contributed by atoms with van der Waals surface area (Å²) in [5.74, 6) is -0.692. The van der Waals surface area contributed by atoms with Gasteiger partial charge < -0.3 is 14.2 Å². The zero-order chi connectivity index (χ0) is 33.2. The molecule has 0 saturated carbocycles. The van der Waals surface area contributed by atoms with Gasteiger partial charge in [0.25, 0.3) is 0 Å². The van der Waals surface area contributed by atoms with Crippen LogP contribution in [0.25, 0.3) is 11.1 Å². The zero-order valence-electron chi connectivity index (χ0n) is 27.1. The molecule has 3 aromatic rings. The van der Waals surface area contributed by atoms with E-state index in [4.69, 9.17) is 14.2 Å². The first-order valence-electron chi connectivity index (χ1n) is 16.6. The summed E-state index contributed by atoms with van der Waals surface area (Å²) in [5.41, 5.74) is 2.18. The van der Waals surface area contributed by atoms with E-state index in [9.17, 15) is 22.8 Å². The molecule has 0 spiro atoms. The quantitative estimate of drug-likeness (QED) is 0.0698. The van der Waals surface area contributed by atoms with Gasteiger partial charge in [-0.2, -0.15) is 13.2 Å². The number of unbranched alkanes of at least 4 members (excludes halogenated alkanes) is 10. The van der Waals surface area contributed by atoms with Crippen LogP contribution in [0.1, 0.15) is 118 Å². The molecule has 1 unspecified atom stereocenters. The van der Waals surface area contributed by atoms with E-state index in [1.165, 1.54) is 56.4 Å². The number of alkyl halides is 3. The van der Waals surface area contributed by atoms with Crippen LogP contribution in [0.15, 0.2) is 72.8 Å². The van der Waals surface area contributed by atoms with Crippen LogP contribution < -0.4 is 9.47 Å². The number of carbonyl (C=O) groups is 2. The highest BCUT2D eigenvalue weighted by atomic mass is 19.4. The van der Waals surface area contributed by atoms with Crippen molar-refractivity contribution in [1.29, 1.82) is 0 Å². The Balaban J connectivity index is 1.47. The fourth-order valence-corrected chi connectivity index (χ4v) is 5.04. The van der Waals surface area contributed by atoms with E-state index < -0.39 is 24.2 Å². The molecule has 0 saturated heterocycles. The molecule has 8 heteroatoms. The number of rotatable bonds is 20. The van der Waals surface area contributed by atoms with Crippen LogP contribution in [0.3, 0.4) is 0 Å². The predicted molar refractivity (Wildman–Crippen MR) is 175 cm³/mol. The van der Waals surface area contributed by atoms with Crippen molar-refractivity contribution in [2.75, 3.05) is 6.61 Å². The van der Waals surface area contributed by atoms with Gasteiger partial charge in [-0.05, 0) is 78.9 Å². The number of hydrogen-bond donors (Lipinski definition) is 0. The third kappa shape index (κ3) is 12.9. The maximum Gasteiger partial charge on any atom is 0.425 e. The van der Waals surface area contributed by atoms with Gasteiger partial charge in [-0.1, -0.05) is 102 Å². The summed E-state index contributed by atoms with van der Waals surface area (Å²) < 4.78 is 56.5. The molecular formula is C38H47F3O5. The molecule has 0 aliphatic heterocycles. The molecule has 3 aromatic carbocycles. The third-order valence-electron chi connectivity index (χ3n) is 7.81. The Hall–Kier alpha value is -3.81. The lowest BCUT2D eigenvalue weighted by molar-refractivity contribution is -0.206. The maximum absolute atomic E-state index is 13.5. The summed E-state index contributed by atoms with van der Waals surface area (Å²) in [6, 6.07) is 20.1. The number of carbonyl (C=O) groups excluding carboxylic acids is 2. The smallest absolute Gasteiger partial charge is 0.425 e. The predicted octanol–water partition coefficient (Wildman–Crippen LogP) is 11.2. The molecule has 0 bridgehead atoms. The van der Waals surface area contributed by atoms with Crippen molar-refractivity contribution in [3.8, 4) is 22.6 Å². The number of hydrogen-bond acceptors (Lipinski definition) is 5. The number of halogens is 3. The number of benzene rings is 3. The molecular weight excluding hydrogens is 593 g/mol. The highest BCUT2D eigenvalue weighted by molar-refractivity contribution is 5.92. The summed E-state index contributed by atoms with van der Waals surface area (Å²) in [5, 5.41) is 0. The zero-order valence-corrected chi connectivity index (χ0v) is 27.1.